The lowest BCUT2D eigenvalue weighted by molar-refractivity contribution is 0.393. The minimum Gasteiger partial charge on any atom is -0.304 e. The second kappa shape index (κ2) is 4.67. The van der Waals surface area contributed by atoms with Gasteiger partial charge in [-0.1, -0.05) is 25.4 Å². The van der Waals surface area contributed by atoms with Crippen LogP contribution in [0.15, 0.2) is 18.3 Å². The van der Waals surface area contributed by atoms with Crippen molar-refractivity contribution in [2.45, 2.75) is 26.3 Å². The molecule has 0 saturated heterocycles. The number of hydrogen-bond donors (Lipinski definition) is 0. The van der Waals surface area contributed by atoms with Gasteiger partial charge in [-0.25, -0.2) is 4.98 Å². The predicted molar refractivity (Wildman–Crippen MR) is 71.7 cm³/mol. The Morgan fingerprint density at radius 3 is 2.71 bits per heavy atom. The highest BCUT2D eigenvalue weighted by Gasteiger charge is 2.15. The van der Waals surface area contributed by atoms with Crippen LogP contribution in [0.25, 0.3) is 5.65 Å². The third-order valence-corrected chi connectivity index (χ3v) is 2.97. The van der Waals surface area contributed by atoms with Crippen LogP contribution in [0.1, 0.15) is 31.2 Å². The maximum absolute atomic E-state index is 6.00. The van der Waals surface area contributed by atoms with E-state index >= 15 is 0 Å². The monoisotopic (exact) mass is 251 g/mol. The van der Waals surface area contributed by atoms with Gasteiger partial charge in [0.25, 0.3) is 0 Å². The van der Waals surface area contributed by atoms with Crippen LogP contribution in [0.4, 0.5) is 0 Å². The fourth-order valence-electron chi connectivity index (χ4n) is 2.01. The Balaban J connectivity index is 2.62. The maximum Gasteiger partial charge on any atom is 0.138 e. The summed E-state index contributed by atoms with van der Waals surface area (Å²) in [6.45, 7) is 5.22. The molecule has 0 fully saturated rings. The minimum absolute atomic E-state index is 0.420. The van der Waals surface area contributed by atoms with Crippen LogP contribution in [0.3, 0.4) is 0 Å². The molecule has 0 bridgehead atoms. The van der Waals surface area contributed by atoms with Crippen LogP contribution in [0.2, 0.25) is 5.02 Å². The molecule has 0 spiro atoms. The summed E-state index contributed by atoms with van der Waals surface area (Å²) in [7, 11) is 4.14. The predicted octanol–water partition coefficient (Wildman–Crippen LogP) is 3.17. The van der Waals surface area contributed by atoms with Gasteiger partial charge < -0.3 is 9.30 Å². The number of fused-ring (bicyclic) bond motifs is 1. The average Bonchev–Trinajstić information content (AvgIpc) is 2.55. The van der Waals surface area contributed by atoms with E-state index in [1.807, 2.05) is 18.3 Å². The SMILES string of the molecule is CC(C)c1nc2cc(Cl)ccn2c1CN(C)C. The van der Waals surface area contributed by atoms with Gasteiger partial charge in [0.1, 0.15) is 5.65 Å². The lowest BCUT2D eigenvalue weighted by Gasteiger charge is -2.12. The summed E-state index contributed by atoms with van der Waals surface area (Å²) in [6.07, 6.45) is 2.00. The summed E-state index contributed by atoms with van der Waals surface area (Å²) >= 11 is 6.00. The molecule has 17 heavy (non-hydrogen) atoms. The first-order valence-corrected chi connectivity index (χ1v) is 6.18. The number of hydrogen-bond acceptors (Lipinski definition) is 2. The van der Waals surface area contributed by atoms with Crippen LogP contribution in [-0.4, -0.2) is 28.4 Å². The van der Waals surface area contributed by atoms with Crippen molar-refractivity contribution >= 4 is 17.2 Å². The van der Waals surface area contributed by atoms with Gasteiger partial charge in [0.05, 0.1) is 11.4 Å². The van der Waals surface area contributed by atoms with Crippen molar-refractivity contribution < 1.29 is 0 Å². The molecule has 0 amide bonds. The third kappa shape index (κ3) is 2.45. The molecule has 0 radical (unpaired) electrons. The highest BCUT2D eigenvalue weighted by molar-refractivity contribution is 6.30. The number of aromatic nitrogens is 2. The molecule has 0 N–H and O–H groups in total. The van der Waals surface area contributed by atoms with E-state index in [-0.39, 0.29) is 0 Å². The summed E-state index contributed by atoms with van der Waals surface area (Å²) in [5.41, 5.74) is 3.33. The zero-order chi connectivity index (χ0) is 12.6. The summed E-state index contributed by atoms with van der Waals surface area (Å²) in [4.78, 5) is 6.83. The molecule has 0 aromatic carbocycles. The molecule has 0 atom stereocenters. The van der Waals surface area contributed by atoms with Crippen molar-refractivity contribution in [3.05, 3.63) is 34.7 Å². The highest BCUT2D eigenvalue weighted by atomic mass is 35.5. The Morgan fingerprint density at radius 2 is 2.12 bits per heavy atom. The van der Waals surface area contributed by atoms with Gasteiger partial charge in [0.2, 0.25) is 0 Å². The van der Waals surface area contributed by atoms with Crippen LogP contribution in [0, 0.1) is 0 Å². The van der Waals surface area contributed by atoms with E-state index in [9.17, 15) is 0 Å². The molecule has 3 nitrogen and oxygen atoms in total. The van der Waals surface area contributed by atoms with Crippen LogP contribution >= 0.6 is 11.6 Å². The first-order chi connectivity index (χ1) is 7.99. The molecule has 4 heteroatoms. The number of pyridine rings is 1. The number of rotatable bonds is 3. The highest BCUT2D eigenvalue weighted by Crippen LogP contribution is 2.23. The molecular weight excluding hydrogens is 234 g/mol. The Labute approximate surface area is 107 Å². The molecule has 0 unspecified atom stereocenters. The van der Waals surface area contributed by atoms with Crippen molar-refractivity contribution in [2.24, 2.45) is 0 Å². The van der Waals surface area contributed by atoms with Gasteiger partial charge in [-0.15, -0.1) is 0 Å². The molecule has 2 aromatic heterocycles. The van der Waals surface area contributed by atoms with Crippen molar-refractivity contribution in [1.29, 1.82) is 0 Å². The van der Waals surface area contributed by atoms with Gasteiger partial charge in [0.15, 0.2) is 0 Å². The average molecular weight is 252 g/mol. The lowest BCUT2D eigenvalue weighted by Crippen LogP contribution is -2.14. The number of nitrogens with zero attached hydrogens (tertiary/aromatic N) is 3. The second-order valence-corrected chi connectivity index (χ2v) is 5.35. The second-order valence-electron chi connectivity index (χ2n) is 4.91. The van der Waals surface area contributed by atoms with Crippen molar-refractivity contribution in [3.8, 4) is 0 Å². The Kier molecular flexibility index (Phi) is 3.40. The molecule has 2 heterocycles. The first kappa shape index (κ1) is 12.4. The molecule has 0 aliphatic rings. The summed E-state index contributed by atoms with van der Waals surface area (Å²) in [5.74, 6) is 0.420. The van der Waals surface area contributed by atoms with Crippen LogP contribution in [-0.2, 0) is 6.54 Å². The van der Waals surface area contributed by atoms with E-state index in [4.69, 9.17) is 11.6 Å². The largest absolute Gasteiger partial charge is 0.304 e. The Hall–Kier alpha value is -1.06. The Bertz CT molecular complexity index is 529. The summed E-state index contributed by atoms with van der Waals surface area (Å²) < 4.78 is 2.13. The fraction of sp³-hybridized carbons (Fsp3) is 0.462. The van der Waals surface area contributed by atoms with Gasteiger partial charge in [-0.3, -0.25) is 0 Å². The normalized spacial score (nSPS) is 11.9. The van der Waals surface area contributed by atoms with Gasteiger partial charge in [-0.05, 0) is 26.1 Å². The van der Waals surface area contributed by atoms with Crippen LogP contribution < -0.4 is 0 Å². The van der Waals surface area contributed by atoms with E-state index in [1.54, 1.807) is 0 Å². The topological polar surface area (TPSA) is 20.5 Å². The van der Waals surface area contributed by atoms with E-state index in [1.165, 1.54) is 5.69 Å². The molecule has 0 aliphatic heterocycles. The van der Waals surface area contributed by atoms with Crippen molar-refractivity contribution in [2.75, 3.05) is 14.1 Å². The number of imidazole rings is 1. The van der Waals surface area contributed by atoms with E-state index < -0.39 is 0 Å². The van der Waals surface area contributed by atoms with E-state index in [0.29, 0.717) is 5.92 Å². The fourth-order valence-corrected chi connectivity index (χ4v) is 2.16. The molecule has 92 valence electrons. The standard InChI is InChI=1S/C13H18ClN3/c1-9(2)13-11(8-16(3)4)17-6-5-10(14)7-12(17)15-13/h5-7,9H,8H2,1-4H3. The van der Waals surface area contributed by atoms with Gasteiger partial charge >= 0.3 is 0 Å². The Morgan fingerprint density at radius 1 is 1.41 bits per heavy atom. The van der Waals surface area contributed by atoms with Gasteiger partial charge in [0, 0.05) is 23.8 Å². The molecule has 0 saturated carbocycles. The lowest BCUT2D eigenvalue weighted by atomic mass is 10.1. The quantitative estimate of drug-likeness (QED) is 0.835. The smallest absolute Gasteiger partial charge is 0.138 e. The zero-order valence-electron chi connectivity index (χ0n) is 10.7. The summed E-state index contributed by atoms with van der Waals surface area (Å²) in [6, 6.07) is 3.81. The van der Waals surface area contributed by atoms with E-state index in [0.717, 1.165) is 22.9 Å². The minimum atomic E-state index is 0.420. The summed E-state index contributed by atoms with van der Waals surface area (Å²) in [5, 5.41) is 0.731. The molecule has 0 aliphatic carbocycles. The first-order valence-electron chi connectivity index (χ1n) is 5.80. The van der Waals surface area contributed by atoms with Crippen LogP contribution in [0.5, 0.6) is 0 Å². The zero-order valence-corrected chi connectivity index (χ0v) is 11.5. The molecular formula is C13H18ClN3. The third-order valence-electron chi connectivity index (χ3n) is 2.73. The van der Waals surface area contributed by atoms with Gasteiger partial charge in [-0.2, -0.15) is 0 Å². The molecule has 2 aromatic rings. The van der Waals surface area contributed by atoms with Crippen molar-refractivity contribution in [1.82, 2.24) is 14.3 Å². The van der Waals surface area contributed by atoms with E-state index in [2.05, 4.69) is 42.2 Å². The number of halogens is 1. The molecule has 2 rings (SSSR count). The maximum atomic E-state index is 6.00. The van der Waals surface area contributed by atoms with Crippen molar-refractivity contribution in [3.63, 3.8) is 0 Å².